The Labute approximate surface area is 141 Å². The first-order chi connectivity index (χ1) is 9.99. The van der Waals surface area contributed by atoms with Gasteiger partial charge in [-0.3, -0.25) is 0 Å². The monoisotopic (exact) mass is 312 g/mol. The molecule has 0 fully saturated rings. The van der Waals surface area contributed by atoms with Gasteiger partial charge in [0.15, 0.2) is 0 Å². The van der Waals surface area contributed by atoms with E-state index < -0.39 is 0 Å². The average Bonchev–Trinajstić information content (AvgIpc) is 2.27. The predicted molar refractivity (Wildman–Crippen MR) is 102 cm³/mol. The molecule has 0 aromatic heterocycles. The predicted octanol–water partition coefficient (Wildman–Crippen LogP) is 5.66. The summed E-state index contributed by atoms with van der Waals surface area (Å²) in [6.45, 7) is 18.1. The number of nitrogens with one attached hydrogen (secondary N) is 2. The molecule has 0 saturated heterocycles. The van der Waals surface area contributed by atoms with Crippen LogP contribution in [0.2, 0.25) is 0 Å². The van der Waals surface area contributed by atoms with E-state index in [2.05, 4.69) is 66.0 Å². The molecule has 0 aromatic carbocycles. The van der Waals surface area contributed by atoms with Gasteiger partial charge in [-0.2, -0.15) is 0 Å². The lowest BCUT2D eigenvalue weighted by Crippen LogP contribution is -2.42. The molecular weight excluding hydrogens is 268 g/mol. The minimum atomic E-state index is 0.247. The van der Waals surface area contributed by atoms with Gasteiger partial charge < -0.3 is 10.6 Å². The molecular formula is C20H44N2. The number of hydrogen-bond donors (Lipinski definition) is 2. The van der Waals surface area contributed by atoms with Crippen LogP contribution in [0.4, 0.5) is 0 Å². The maximum Gasteiger partial charge on any atom is 0.00989 e. The van der Waals surface area contributed by atoms with Gasteiger partial charge in [0.05, 0.1) is 0 Å². The Hall–Kier alpha value is -0.0800. The van der Waals surface area contributed by atoms with Crippen molar-refractivity contribution in [2.24, 2.45) is 0 Å². The molecule has 0 aliphatic heterocycles. The normalized spacial score (nSPS) is 15.8. The van der Waals surface area contributed by atoms with E-state index in [0.29, 0.717) is 12.1 Å². The standard InChI is InChI=1S/C20H44N2/c1-17(21-19(3,4)5)15-13-11-9-10-12-14-16-18(2)22-20(6,7)8/h17-18,21-22H,9-16H2,1-8H3. The van der Waals surface area contributed by atoms with Crippen LogP contribution in [0.5, 0.6) is 0 Å². The number of unbranched alkanes of at least 4 members (excludes halogenated alkanes) is 5. The Kier molecular flexibility index (Phi) is 10.6. The van der Waals surface area contributed by atoms with Gasteiger partial charge in [-0.15, -0.1) is 0 Å². The van der Waals surface area contributed by atoms with E-state index in [1.165, 1.54) is 51.4 Å². The van der Waals surface area contributed by atoms with Gasteiger partial charge in [0, 0.05) is 23.2 Å². The zero-order valence-corrected chi connectivity index (χ0v) is 16.8. The summed E-state index contributed by atoms with van der Waals surface area (Å²) in [5.74, 6) is 0. The summed E-state index contributed by atoms with van der Waals surface area (Å²) in [5, 5.41) is 7.31. The molecule has 0 heterocycles. The summed E-state index contributed by atoms with van der Waals surface area (Å²) in [6, 6.07) is 1.29. The maximum atomic E-state index is 3.65. The van der Waals surface area contributed by atoms with Gasteiger partial charge in [-0.25, -0.2) is 0 Å². The Balaban J connectivity index is 3.41. The highest BCUT2D eigenvalue weighted by atomic mass is 15.0. The molecule has 0 aliphatic carbocycles. The van der Waals surface area contributed by atoms with Crippen LogP contribution in [0, 0.1) is 0 Å². The van der Waals surface area contributed by atoms with E-state index in [9.17, 15) is 0 Å². The third-order valence-corrected chi connectivity index (χ3v) is 3.88. The molecule has 0 spiro atoms. The summed E-state index contributed by atoms with van der Waals surface area (Å²) < 4.78 is 0. The van der Waals surface area contributed by atoms with Crippen molar-refractivity contribution < 1.29 is 0 Å². The number of rotatable bonds is 11. The largest absolute Gasteiger partial charge is 0.310 e. The Bertz CT molecular complexity index is 232. The second-order valence-corrected chi connectivity index (χ2v) is 9.29. The first kappa shape index (κ1) is 21.9. The van der Waals surface area contributed by atoms with Crippen molar-refractivity contribution in [2.45, 2.75) is 130 Å². The third kappa shape index (κ3) is 16.3. The van der Waals surface area contributed by atoms with Gasteiger partial charge in [-0.05, 0) is 68.2 Å². The van der Waals surface area contributed by atoms with Gasteiger partial charge in [-0.1, -0.05) is 38.5 Å². The summed E-state index contributed by atoms with van der Waals surface area (Å²) in [5.41, 5.74) is 0.494. The van der Waals surface area contributed by atoms with Gasteiger partial charge in [0.25, 0.3) is 0 Å². The summed E-state index contributed by atoms with van der Waals surface area (Å²) in [4.78, 5) is 0. The third-order valence-electron chi connectivity index (χ3n) is 3.88. The van der Waals surface area contributed by atoms with E-state index in [1.54, 1.807) is 0 Å². The minimum Gasteiger partial charge on any atom is -0.310 e. The first-order valence-electron chi connectivity index (χ1n) is 9.55. The van der Waals surface area contributed by atoms with Crippen molar-refractivity contribution in [3.63, 3.8) is 0 Å². The fraction of sp³-hybridized carbons (Fsp3) is 1.00. The lowest BCUT2D eigenvalue weighted by atomic mass is 10.0. The SMILES string of the molecule is CC(CCCCCCCCC(C)NC(C)(C)C)NC(C)(C)C. The van der Waals surface area contributed by atoms with Crippen LogP contribution in [-0.2, 0) is 0 Å². The molecule has 0 amide bonds. The highest BCUT2D eigenvalue weighted by molar-refractivity contribution is 4.76. The van der Waals surface area contributed by atoms with Crippen molar-refractivity contribution in [1.29, 1.82) is 0 Å². The van der Waals surface area contributed by atoms with E-state index >= 15 is 0 Å². The fourth-order valence-electron chi connectivity index (χ4n) is 3.23. The van der Waals surface area contributed by atoms with Crippen LogP contribution < -0.4 is 10.6 Å². The van der Waals surface area contributed by atoms with Crippen LogP contribution in [0.25, 0.3) is 0 Å². The molecule has 22 heavy (non-hydrogen) atoms. The van der Waals surface area contributed by atoms with Crippen LogP contribution in [0.15, 0.2) is 0 Å². The lowest BCUT2D eigenvalue weighted by Gasteiger charge is -2.26. The molecule has 0 aliphatic rings. The second-order valence-electron chi connectivity index (χ2n) is 9.29. The molecule has 2 nitrogen and oxygen atoms in total. The topological polar surface area (TPSA) is 24.1 Å². The highest BCUT2D eigenvalue weighted by Gasteiger charge is 2.13. The van der Waals surface area contributed by atoms with Crippen LogP contribution in [0.1, 0.15) is 107 Å². The first-order valence-corrected chi connectivity index (χ1v) is 9.55. The minimum absolute atomic E-state index is 0.247. The molecule has 0 aromatic rings. The van der Waals surface area contributed by atoms with Crippen LogP contribution in [-0.4, -0.2) is 23.2 Å². The fourth-order valence-corrected chi connectivity index (χ4v) is 3.23. The Morgan fingerprint density at radius 1 is 0.545 bits per heavy atom. The van der Waals surface area contributed by atoms with Gasteiger partial charge in [0.1, 0.15) is 0 Å². The molecule has 0 bridgehead atoms. The zero-order valence-electron chi connectivity index (χ0n) is 16.8. The Morgan fingerprint density at radius 3 is 1.09 bits per heavy atom. The molecule has 0 radical (unpaired) electrons. The summed E-state index contributed by atoms with van der Waals surface area (Å²) in [6.07, 6.45) is 11.0. The van der Waals surface area contributed by atoms with Crippen molar-refractivity contribution in [1.82, 2.24) is 10.6 Å². The van der Waals surface area contributed by atoms with Crippen molar-refractivity contribution >= 4 is 0 Å². The van der Waals surface area contributed by atoms with Gasteiger partial charge >= 0.3 is 0 Å². The molecule has 0 rings (SSSR count). The summed E-state index contributed by atoms with van der Waals surface area (Å²) >= 11 is 0. The quantitative estimate of drug-likeness (QED) is 0.481. The molecule has 0 saturated carbocycles. The molecule has 134 valence electrons. The average molecular weight is 313 g/mol. The van der Waals surface area contributed by atoms with E-state index in [0.717, 1.165) is 0 Å². The molecule has 2 unspecified atom stereocenters. The smallest absolute Gasteiger partial charge is 0.00989 e. The summed E-state index contributed by atoms with van der Waals surface area (Å²) in [7, 11) is 0. The van der Waals surface area contributed by atoms with Crippen LogP contribution >= 0.6 is 0 Å². The van der Waals surface area contributed by atoms with Crippen molar-refractivity contribution in [3.05, 3.63) is 0 Å². The molecule has 2 atom stereocenters. The van der Waals surface area contributed by atoms with E-state index in [1.807, 2.05) is 0 Å². The van der Waals surface area contributed by atoms with E-state index in [-0.39, 0.29) is 11.1 Å². The molecule has 2 N–H and O–H groups in total. The second kappa shape index (κ2) is 10.6. The van der Waals surface area contributed by atoms with Crippen molar-refractivity contribution in [3.8, 4) is 0 Å². The van der Waals surface area contributed by atoms with E-state index in [4.69, 9.17) is 0 Å². The lowest BCUT2D eigenvalue weighted by molar-refractivity contribution is 0.348. The zero-order chi connectivity index (χ0) is 17.2. The van der Waals surface area contributed by atoms with Gasteiger partial charge in [0.2, 0.25) is 0 Å². The maximum absolute atomic E-state index is 3.65. The Morgan fingerprint density at radius 2 is 0.818 bits per heavy atom. The van der Waals surface area contributed by atoms with Crippen LogP contribution in [0.3, 0.4) is 0 Å². The molecule has 2 heteroatoms. The highest BCUT2D eigenvalue weighted by Crippen LogP contribution is 2.13. The van der Waals surface area contributed by atoms with Crippen molar-refractivity contribution in [2.75, 3.05) is 0 Å². The number of hydrogen-bond acceptors (Lipinski definition) is 2.